The number of nitrogens with zero attached hydrogens (tertiary/aromatic N) is 3. The van der Waals surface area contributed by atoms with Gasteiger partial charge in [0.15, 0.2) is 0 Å². The highest BCUT2D eigenvalue weighted by atomic mass is 32.1. The normalized spacial score (nSPS) is 10.0. The van der Waals surface area contributed by atoms with E-state index in [4.69, 9.17) is 4.74 Å². The van der Waals surface area contributed by atoms with Crippen molar-refractivity contribution >= 4 is 11.5 Å². The van der Waals surface area contributed by atoms with Crippen molar-refractivity contribution in [3.8, 4) is 5.19 Å². The maximum Gasteiger partial charge on any atom is 0.313 e. The number of ether oxygens (including phenoxy) is 1. The van der Waals surface area contributed by atoms with Crippen molar-refractivity contribution in [3.05, 3.63) is 35.9 Å². The first kappa shape index (κ1) is 9.08. The van der Waals surface area contributed by atoms with Gasteiger partial charge < -0.3 is 4.74 Å². The fraction of sp³-hybridized carbons (Fsp3) is 0.222. The van der Waals surface area contributed by atoms with Crippen LogP contribution in [0.25, 0.3) is 0 Å². The summed E-state index contributed by atoms with van der Waals surface area (Å²) in [5, 5.41) is 7.65. The van der Waals surface area contributed by atoms with E-state index in [0.717, 1.165) is 18.0 Å². The van der Waals surface area contributed by atoms with Crippen LogP contribution in [0.5, 0.6) is 5.19 Å². The quantitative estimate of drug-likeness (QED) is 0.763. The summed E-state index contributed by atoms with van der Waals surface area (Å²) in [5.74, 6) is 0. The summed E-state index contributed by atoms with van der Waals surface area (Å²) in [6.07, 6.45) is 0.875. The first-order chi connectivity index (χ1) is 6.95. The topological polar surface area (TPSA) is 47.9 Å². The zero-order chi connectivity index (χ0) is 9.64. The molecule has 1 heterocycles. The maximum atomic E-state index is 5.33. The van der Waals surface area contributed by atoms with Crippen LogP contribution in [-0.4, -0.2) is 21.4 Å². The molecule has 0 aliphatic carbocycles. The molecule has 0 spiro atoms. The van der Waals surface area contributed by atoms with Gasteiger partial charge >= 0.3 is 5.19 Å². The van der Waals surface area contributed by atoms with E-state index in [0.29, 0.717) is 11.8 Å². The Kier molecular flexibility index (Phi) is 3.03. The molecule has 2 rings (SSSR count). The monoisotopic (exact) mass is 207 g/mol. The zero-order valence-electron chi connectivity index (χ0n) is 7.46. The summed E-state index contributed by atoms with van der Waals surface area (Å²) in [7, 11) is 0. The molecule has 0 radical (unpaired) electrons. The van der Waals surface area contributed by atoms with Crippen molar-refractivity contribution in [2.75, 3.05) is 6.61 Å². The predicted octanol–water partition coefficient (Wildman–Crippen LogP) is 1.55. The molecule has 0 saturated carbocycles. The molecule has 2 aromatic rings. The van der Waals surface area contributed by atoms with E-state index in [9.17, 15) is 0 Å². The first-order valence-corrected chi connectivity index (χ1v) is 5.04. The minimum absolute atomic E-state index is 0.529. The van der Waals surface area contributed by atoms with E-state index in [-0.39, 0.29) is 0 Å². The fourth-order valence-corrected chi connectivity index (χ4v) is 1.43. The highest BCUT2D eigenvalue weighted by molar-refractivity contribution is 7.07. The van der Waals surface area contributed by atoms with Gasteiger partial charge in [-0.2, -0.15) is 0 Å². The van der Waals surface area contributed by atoms with Gasteiger partial charge in [-0.3, -0.25) is 0 Å². The van der Waals surface area contributed by atoms with Crippen molar-refractivity contribution in [2.24, 2.45) is 0 Å². The Hall–Kier alpha value is -1.49. The molecule has 0 atom stereocenters. The Morgan fingerprint density at radius 3 is 2.79 bits per heavy atom. The Balaban J connectivity index is 1.79. The highest BCUT2D eigenvalue weighted by Gasteiger charge is 1.98. The molecule has 4 nitrogen and oxygen atoms in total. The smallest absolute Gasteiger partial charge is 0.313 e. The molecule has 0 bridgehead atoms. The van der Waals surface area contributed by atoms with Gasteiger partial charge in [0.1, 0.15) is 0 Å². The van der Waals surface area contributed by atoms with Crippen LogP contribution in [0, 0.1) is 0 Å². The number of aromatic nitrogens is 3. The Bertz CT molecular complexity index is 363. The summed E-state index contributed by atoms with van der Waals surface area (Å²) < 4.78 is 8.94. The molecule has 5 heteroatoms. The van der Waals surface area contributed by atoms with E-state index in [1.54, 1.807) is 0 Å². The lowest BCUT2D eigenvalue weighted by atomic mass is 10.2. The van der Waals surface area contributed by atoms with Gasteiger partial charge in [-0.05, 0) is 10.8 Å². The second kappa shape index (κ2) is 4.66. The first-order valence-electron chi connectivity index (χ1n) is 4.27. The van der Waals surface area contributed by atoms with Gasteiger partial charge in [-0.25, -0.2) is 0 Å². The SMILES string of the molecule is c1ccc(CCOc2nnns2)cc1. The van der Waals surface area contributed by atoms with Crippen molar-refractivity contribution in [2.45, 2.75) is 6.42 Å². The summed E-state index contributed by atoms with van der Waals surface area (Å²) in [6, 6.07) is 10.2. The summed E-state index contributed by atoms with van der Waals surface area (Å²) in [4.78, 5) is 0. The standard InChI is InChI=1S/C9H9N3OS/c1-2-4-8(5-3-1)6-7-13-9-10-11-12-14-9/h1-5H,6-7H2. The third-order valence-electron chi connectivity index (χ3n) is 1.74. The lowest BCUT2D eigenvalue weighted by molar-refractivity contribution is 0.317. The summed E-state index contributed by atoms with van der Waals surface area (Å²) in [6.45, 7) is 0.612. The molecule has 0 saturated heterocycles. The molecular weight excluding hydrogens is 198 g/mol. The van der Waals surface area contributed by atoms with Crippen LogP contribution >= 0.6 is 11.5 Å². The van der Waals surface area contributed by atoms with Crippen molar-refractivity contribution < 1.29 is 4.74 Å². The average Bonchev–Trinajstić information content (AvgIpc) is 2.72. The summed E-state index contributed by atoms with van der Waals surface area (Å²) in [5.41, 5.74) is 1.25. The van der Waals surface area contributed by atoms with E-state index in [2.05, 4.69) is 26.9 Å². The molecule has 0 N–H and O–H groups in total. The molecule has 1 aromatic heterocycles. The molecule has 1 aromatic carbocycles. The highest BCUT2D eigenvalue weighted by Crippen LogP contribution is 2.08. The van der Waals surface area contributed by atoms with Gasteiger partial charge in [-0.15, -0.1) is 0 Å². The van der Waals surface area contributed by atoms with E-state index < -0.39 is 0 Å². The molecule has 0 fully saturated rings. The molecular formula is C9H9N3OS. The second-order valence-electron chi connectivity index (χ2n) is 2.71. The van der Waals surface area contributed by atoms with Crippen LogP contribution in [-0.2, 0) is 6.42 Å². The Morgan fingerprint density at radius 2 is 2.07 bits per heavy atom. The van der Waals surface area contributed by atoms with Gasteiger partial charge in [0.25, 0.3) is 0 Å². The lowest BCUT2D eigenvalue weighted by Gasteiger charge is -2.00. The van der Waals surface area contributed by atoms with Crippen LogP contribution in [0.2, 0.25) is 0 Å². The largest absolute Gasteiger partial charge is 0.468 e. The van der Waals surface area contributed by atoms with Crippen molar-refractivity contribution in [1.82, 2.24) is 14.8 Å². The van der Waals surface area contributed by atoms with E-state index >= 15 is 0 Å². The number of rotatable bonds is 4. The van der Waals surface area contributed by atoms with Gasteiger partial charge in [0.05, 0.1) is 6.61 Å². The number of hydrogen-bond acceptors (Lipinski definition) is 5. The Labute approximate surface area is 85.7 Å². The van der Waals surface area contributed by atoms with Crippen LogP contribution in [0.3, 0.4) is 0 Å². The van der Waals surface area contributed by atoms with E-state index in [1.807, 2.05) is 18.2 Å². The maximum absolute atomic E-state index is 5.33. The van der Waals surface area contributed by atoms with Crippen LogP contribution < -0.4 is 4.74 Å². The third kappa shape index (κ3) is 2.50. The average molecular weight is 207 g/mol. The van der Waals surface area contributed by atoms with Gasteiger partial charge in [0.2, 0.25) is 0 Å². The third-order valence-corrected chi connectivity index (χ3v) is 2.25. The van der Waals surface area contributed by atoms with Crippen LogP contribution in [0.4, 0.5) is 0 Å². The predicted molar refractivity (Wildman–Crippen MR) is 53.3 cm³/mol. The number of benzene rings is 1. The zero-order valence-corrected chi connectivity index (χ0v) is 8.28. The van der Waals surface area contributed by atoms with Crippen molar-refractivity contribution in [3.63, 3.8) is 0 Å². The summed E-state index contributed by atoms with van der Waals surface area (Å²) >= 11 is 1.16. The molecule has 0 aliphatic heterocycles. The number of hydrogen-bond donors (Lipinski definition) is 0. The fourth-order valence-electron chi connectivity index (χ4n) is 1.08. The molecule has 14 heavy (non-hydrogen) atoms. The second-order valence-corrected chi connectivity index (χ2v) is 3.41. The lowest BCUT2D eigenvalue weighted by Crippen LogP contribution is -2.00. The Morgan fingerprint density at radius 1 is 1.21 bits per heavy atom. The minimum atomic E-state index is 0.529. The molecule has 0 unspecified atom stereocenters. The molecule has 0 aliphatic rings. The molecule has 72 valence electrons. The van der Waals surface area contributed by atoms with Crippen molar-refractivity contribution in [1.29, 1.82) is 0 Å². The van der Waals surface area contributed by atoms with Gasteiger partial charge in [-0.1, -0.05) is 39.9 Å². The van der Waals surface area contributed by atoms with E-state index in [1.165, 1.54) is 5.56 Å². The minimum Gasteiger partial charge on any atom is -0.468 e. The van der Waals surface area contributed by atoms with Crippen LogP contribution in [0.15, 0.2) is 30.3 Å². The molecule has 0 amide bonds. The van der Waals surface area contributed by atoms with Crippen LogP contribution in [0.1, 0.15) is 5.56 Å². The van der Waals surface area contributed by atoms with Gasteiger partial charge in [0, 0.05) is 18.0 Å².